The Kier molecular flexibility index (Phi) is 11.0. The molecule has 10 heteroatoms. The van der Waals surface area contributed by atoms with E-state index in [4.69, 9.17) is 11.6 Å². The normalized spacial score (nSPS) is 11.8. The zero-order chi connectivity index (χ0) is 32.5. The van der Waals surface area contributed by atoms with Crippen molar-refractivity contribution in [1.29, 1.82) is 0 Å². The Morgan fingerprint density at radius 3 is 2.28 bits per heavy atom. The number of hydrogen-bond donors (Lipinski definition) is 3. The molecule has 3 amide bonds. The van der Waals surface area contributed by atoms with E-state index in [2.05, 4.69) is 20.9 Å². The fraction of sp³-hybridized carbons (Fsp3) is 0.111. The predicted molar refractivity (Wildman–Crippen MR) is 189 cm³/mol. The molecule has 0 fully saturated rings. The predicted octanol–water partition coefficient (Wildman–Crippen LogP) is 8.69. The van der Waals surface area contributed by atoms with Crippen LogP contribution in [-0.4, -0.2) is 28.0 Å². The number of nitrogens with one attached hydrogen (secondary N) is 3. The number of rotatable bonds is 11. The number of aromatic nitrogens is 1. The van der Waals surface area contributed by atoms with Crippen LogP contribution in [0.5, 0.6) is 0 Å². The lowest BCUT2D eigenvalue weighted by Gasteiger charge is -2.15. The summed E-state index contributed by atoms with van der Waals surface area (Å²) in [5.41, 5.74) is 3.55. The standard InChI is InChI=1S/C36H31ClN4O3S2/c1-3-31(35(44)41-36-40-32(23(2)45-36)25-11-6-4-7-12-25)46-29-16-10-15-28(22-29)38-34(43)30(21-24-17-19-27(37)20-18-24)39-33(42)26-13-8-5-9-14-26/h4-22,31H,3H2,1-2H3,(H,38,43)(H,39,42)(H,40,41,44)/b30-21-. The van der Waals surface area contributed by atoms with E-state index in [-0.39, 0.29) is 16.9 Å². The third kappa shape index (κ3) is 8.72. The van der Waals surface area contributed by atoms with Crippen LogP contribution in [0.4, 0.5) is 10.8 Å². The second kappa shape index (κ2) is 15.5. The van der Waals surface area contributed by atoms with E-state index in [1.165, 1.54) is 23.1 Å². The molecule has 232 valence electrons. The molecule has 1 unspecified atom stereocenters. The average molecular weight is 667 g/mol. The van der Waals surface area contributed by atoms with E-state index in [1.54, 1.807) is 66.7 Å². The quantitative estimate of drug-likeness (QED) is 0.0967. The highest BCUT2D eigenvalue weighted by Crippen LogP contribution is 2.32. The van der Waals surface area contributed by atoms with E-state index in [1.807, 2.05) is 62.4 Å². The summed E-state index contributed by atoms with van der Waals surface area (Å²) < 4.78 is 0. The van der Waals surface area contributed by atoms with Crippen molar-refractivity contribution in [3.8, 4) is 11.3 Å². The Morgan fingerprint density at radius 1 is 0.891 bits per heavy atom. The molecular weight excluding hydrogens is 636 g/mol. The molecule has 0 aliphatic rings. The summed E-state index contributed by atoms with van der Waals surface area (Å²) in [6.07, 6.45) is 2.18. The van der Waals surface area contributed by atoms with Gasteiger partial charge in [0.05, 0.1) is 10.9 Å². The lowest BCUT2D eigenvalue weighted by molar-refractivity contribution is -0.116. The fourth-order valence-electron chi connectivity index (χ4n) is 4.50. The number of thiazole rings is 1. The summed E-state index contributed by atoms with van der Waals surface area (Å²) in [7, 11) is 0. The SMILES string of the molecule is CCC(Sc1cccc(NC(=O)/C(=C/c2ccc(Cl)cc2)NC(=O)c2ccccc2)c1)C(=O)Nc1nc(-c2ccccc2)c(C)s1. The summed E-state index contributed by atoms with van der Waals surface area (Å²) in [6, 6.07) is 32.7. The molecule has 7 nitrogen and oxygen atoms in total. The molecule has 0 radical (unpaired) electrons. The molecule has 5 aromatic rings. The number of hydrogen-bond acceptors (Lipinski definition) is 6. The van der Waals surface area contributed by atoms with E-state index in [0.29, 0.717) is 33.4 Å². The van der Waals surface area contributed by atoms with Crippen molar-refractivity contribution < 1.29 is 14.4 Å². The van der Waals surface area contributed by atoms with Crippen molar-refractivity contribution >= 4 is 69.3 Å². The van der Waals surface area contributed by atoms with Crippen LogP contribution >= 0.6 is 34.7 Å². The summed E-state index contributed by atoms with van der Waals surface area (Å²) >= 11 is 8.88. The van der Waals surface area contributed by atoms with Gasteiger partial charge in [-0.25, -0.2) is 4.98 Å². The molecule has 46 heavy (non-hydrogen) atoms. The first kappa shape index (κ1) is 32.7. The van der Waals surface area contributed by atoms with Crippen LogP contribution in [0.1, 0.15) is 34.1 Å². The van der Waals surface area contributed by atoms with Crippen LogP contribution in [0.3, 0.4) is 0 Å². The largest absolute Gasteiger partial charge is 0.321 e. The van der Waals surface area contributed by atoms with Gasteiger partial charge in [-0.1, -0.05) is 85.3 Å². The monoisotopic (exact) mass is 666 g/mol. The van der Waals surface area contributed by atoms with Crippen LogP contribution in [0.2, 0.25) is 5.02 Å². The summed E-state index contributed by atoms with van der Waals surface area (Å²) in [5.74, 6) is -1.06. The number of benzene rings is 4. The molecule has 1 atom stereocenters. The fourth-order valence-corrected chi connectivity index (χ4v) is 6.48. The Labute approximate surface area is 281 Å². The summed E-state index contributed by atoms with van der Waals surface area (Å²) in [6.45, 7) is 3.94. The van der Waals surface area contributed by atoms with Crippen LogP contribution in [-0.2, 0) is 9.59 Å². The van der Waals surface area contributed by atoms with Gasteiger partial charge >= 0.3 is 0 Å². The van der Waals surface area contributed by atoms with Gasteiger partial charge in [-0.05, 0) is 67.4 Å². The minimum atomic E-state index is -0.500. The molecule has 0 aliphatic carbocycles. The number of aryl methyl sites for hydroxylation is 1. The average Bonchev–Trinajstić information content (AvgIpc) is 3.44. The van der Waals surface area contributed by atoms with Crippen LogP contribution in [0, 0.1) is 6.92 Å². The third-order valence-electron chi connectivity index (χ3n) is 6.82. The molecule has 3 N–H and O–H groups in total. The zero-order valence-electron chi connectivity index (χ0n) is 25.1. The maximum Gasteiger partial charge on any atom is 0.272 e. The van der Waals surface area contributed by atoms with Gasteiger partial charge < -0.3 is 16.0 Å². The first-order valence-corrected chi connectivity index (χ1v) is 16.6. The van der Waals surface area contributed by atoms with Crippen molar-refractivity contribution in [3.63, 3.8) is 0 Å². The van der Waals surface area contributed by atoms with Gasteiger partial charge in [0.15, 0.2) is 5.13 Å². The Hall–Kier alpha value is -4.70. The number of anilines is 2. The van der Waals surface area contributed by atoms with E-state index < -0.39 is 11.8 Å². The number of halogens is 1. The molecule has 5 rings (SSSR count). The van der Waals surface area contributed by atoms with Crippen molar-refractivity contribution in [2.75, 3.05) is 10.6 Å². The van der Waals surface area contributed by atoms with E-state index >= 15 is 0 Å². The third-order valence-corrected chi connectivity index (χ3v) is 9.31. The maximum atomic E-state index is 13.5. The van der Waals surface area contributed by atoms with Gasteiger partial charge in [0.2, 0.25) is 5.91 Å². The molecular formula is C36H31ClN4O3S2. The second-order valence-electron chi connectivity index (χ2n) is 10.2. The second-order valence-corrected chi connectivity index (χ2v) is 13.1. The van der Waals surface area contributed by atoms with Gasteiger partial charge in [0.25, 0.3) is 11.8 Å². The first-order chi connectivity index (χ1) is 22.3. The zero-order valence-corrected chi connectivity index (χ0v) is 27.5. The minimum absolute atomic E-state index is 0.0636. The van der Waals surface area contributed by atoms with Crippen molar-refractivity contribution in [2.45, 2.75) is 30.4 Å². The van der Waals surface area contributed by atoms with Gasteiger partial charge in [0, 0.05) is 31.6 Å². The van der Waals surface area contributed by atoms with Crippen LogP contribution in [0.25, 0.3) is 17.3 Å². The highest BCUT2D eigenvalue weighted by atomic mass is 35.5. The summed E-state index contributed by atoms with van der Waals surface area (Å²) in [4.78, 5) is 46.2. The van der Waals surface area contributed by atoms with Crippen molar-refractivity contribution in [2.24, 2.45) is 0 Å². The number of carbonyl (C=O) groups is 3. The lowest BCUT2D eigenvalue weighted by Crippen LogP contribution is -2.30. The number of amides is 3. The van der Waals surface area contributed by atoms with Crippen molar-refractivity contribution in [1.82, 2.24) is 10.3 Å². The Balaban J connectivity index is 1.28. The number of nitrogens with zero attached hydrogens (tertiary/aromatic N) is 1. The Bertz CT molecular complexity index is 1860. The minimum Gasteiger partial charge on any atom is -0.321 e. The highest BCUT2D eigenvalue weighted by Gasteiger charge is 2.21. The smallest absolute Gasteiger partial charge is 0.272 e. The summed E-state index contributed by atoms with van der Waals surface area (Å²) in [5, 5.41) is 9.34. The molecule has 0 saturated carbocycles. The van der Waals surface area contributed by atoms with Gasteiger partial charge in [-0.15, -0.1) is 23.1 Å². The molecule has 0 bridgehead atoms. The Morgan fingerprint density at radius 2 is 1.59 bits per heavy atom. The molecule has 1 heterocycles. The topological polar surface area (TPSA) is 100 Å². The van der Waals surface area contributed by atoms with E-state index in [9.17, 15) is 14.4 Å². The van der Waals surface area contributed by atoms with Crippen LogP contribution < -0.4 is 16.0 Å². The molecule has 4 aromatic carbocycles. The maximum absolute atomic E-state index is 13.5. The molecule has 0 spiro atoms. The molecule has 0 aliphatic heterocycles. The highest BCUT2D eigenvalue weighted by molar-refractivity contribution is 8.00. The number of thioether (sulfide) groups is 1. The first-order valence-electron chi connectivity index (χ1n) is 14.5. The van der Waals surface area contributed by atoms with Crippen LogP contribution in [0.15, 0.2) is 120 Å². The van der Waals surface area contributed by atoms with Gasteiger partial charge in [-0.2, -0.15) is 0 Å². The number of carbonyl (C=O) groups excluding carboxylic acids is 3. The van der Waals surface area contributed by atoms with Gasteiger partial charge in [-0.3, -0.25) is 14.4 Å². The molecule has 0 saturated heterocycles. The molecule has 1 aromatic heterocycles. The van der Waals surface area contributed by atoms with Gasteiger partial charge in [0.1, 0.15) is 5.70 Å². The van der Waals surface area contributed by atoms with Crippen molar-refractivity contribution in [3.05, 3.63) is 136 Å². The van der Waals surface area contributed by atoms with E-state index in [0.717, 1.165) is 21.0 Å². The lowest BCUT2D eigenvalue weighted by atomic mass is 10.1.